The zero-order chi connectivity index (χ0) is 17.3. The van der Waals surface area contributed by atoms with Crippen LogP contribution in [0.25, 0.3) is 0 Å². The van der Waals surface area contributed by atoms with E-state index < -0.39 is 9.84 Å². The molecule has 2 amide bonds. The number of rotatable bonds is 3. The largest absolute Gasteiger partial charge is 0.336 e. The highest BCUT2D eigenvalue weighted by Crippen LogP contribution is 2.28. The van der Waals surface area contributed by atoms with E-state index in [1.807, 2.05) is 32.0 Å². The second-order valence-electron chi connectivity index (χ2n) is 6.97. The Morgan fingerprint density at radius 3 is 2.50 bits per heavy atom. The number of hydrogen-bond donors (Lipinski definition) is 1. The molecule has 2 atom stereocenters. The summed E-state index contributed by atoms with van der Waals surface area (Å²) in [5.41, 5.74) is 1.17. The summed E-state index contributed by atoms with van der Waals surface area (Å²) in [6.07, 6.45) is 0. The first kappa shape index (κ1) is 17.2. The molecule has 2 unspecified atom stereocenters. The number of hydrogen-bond acceptors (Lipinski definition) is 4. The lowest BCUT2D eigenvalue weighted by Crippen LogP contribution is -2.62. The summed E-state index contributed by atoms with van der Waals surface area (Å²) in [6, 6.07) is 9.56. The van der Waals surface area contributed by atoms with Crippen LogP contribution >= 0.6 is 0 Å². The van der Waals surface area contributed by atoms with Crippen molar-refractivity contribution < 1.29 is 13.2 Å². The molecule has 2 aliphatic rings. The Balaban J connectivity index is 1.78. The van der Waals surface area contributed by atoms with Crippen molar-refractivity contribution in [1.82, 2.24) is 15.1 Å². The van der Waals surface area contributed by atoms with Crippen molar-refractivity contribution in [2.24, 2.45) is 0 Å². The number of carbonyl (C=O) groups is 1. The van der Waals surface area contributed by atoms with Gasteiger partial charge in [-0.3, -0.25) is 4.90 Å². The van der Waals surface area contributed by atoms with E-state index in [4.69, 9.17) is 0 Å². The van der Waals surface area contributed by atoms with Crippen molar-refractivity contribution in [3.05, 3.63) is 35.9 Å². The molecule has 24 heavy (non-hydrogen) atoms. The zero-order valence-corrected chi connectivity index (χ0v) is 15.0. The third-order valence-electron chi connectivity index (χ3n) is 4.69. The van der Waals surface area contributed by atoms with Crippen LogP contribution in [0.3, 0.4) is 0 Å². The third kappa shape index (κ3) is 3.72. The maximum atomic E-state index is 12.4. The van der Waals surface area contributed by atoms with Crippen molar-refractivity contribution in [2.45, 2.75) is 38.5 Å². The van der Waals surface area contributed by atoms with Gasteiger partial charge in [0, 0.05) is 31.7 Å². The van der Waals surface area contributed by atoms with Gasteiger partial charge in [-0.15, -0.1) is 0 Å². The molecule has 3 rings (SSSR count). The molecule has 1 aromatic carbocycles. The quantitative estimate of drug-likeness (QED) is 0.885. The Morgan fingerprint density at radius 2 is 1.83 bits per heavy atom. The van der Waals surface area contributed by atoms with Gasteiger partial charge in [-0.25, -0.2) is 13.2 Å². The highest BCUT2D eigenvalue weighted by molar-refractivity contribution is 7.91. The van der Waals surface area contributed by atoms with E-state index in [2.05, 4.69) is 22.3 Å². The molecule has 0 spiro atoms. The number of nitrogens with one attached hydrogen (secondary N) is 1. The van der Waals surface area contributed by atoms with E-state index in [1.165, 1.54) is 5.56 Å². The van der Waals surface area contributed by atoms with Crippen LogP contribution < -0.4 is 5.32 Å². The maximum absolute atomic E-state index is 12.4. The second kappa shape index (κ2) is 6.72. The molecule has 2 heterocycles. The van der Waals surface area contributed by atoms with Gasteiger partial charge in [-0.05, 0) is 19.4 Å². The first-order valence-electron chi connectivity index (χ1n) is 8.41. The number of benzene rings is 1. The fourth-order valence-corrected chi connectivity index (χ4v) is 5.63. The van der Waals surface area contributed by atoms with Crippen molar-refractivity contribution in [3.63, 3.8) is 0 Å². The van der Waals surface area contributed by atoms with Gasteiger partial charge in [0.15, 0.2) is 9.84 Å². The summed E-state index contributed by atoms with van der Waals surface area (Å²) in [5.74, 6) is 0.199. The van der Waals surface area contributed by atoms with Crippen molar-refractivity contribution in [1.29, 1.82) is 0 Å². The summed E-state index contributed by atoms with van der Waals surface area (Å²) < 4.78 is 24.4. The molecule has 0 aliphatic carbocycles. The van der Waals surface area contributed by atoms with Gasteiger partial charge in [0.1, 0.15) is 0 Å². The van der Waals surface area contributed by atoms with E-state index in [-0.39, 0.29) is 35.7 Å². The Kier molecular flexibility index (Phi) is 4.83. The summed E-state index contributed by atoms with van der Waals surface area (Å²) >= 11 is 0. The Labute approximate surface area is 143 Å². The minimum Gasteiger partial charge on any atom is -0.336 e. The topological polar surface area (TPSA) is 69.7 Å². The fraction of sp³-hybridized carbons (Fsp3) is 0.588. The monoisotopic (exact) mass is 351 g/mol. The summed E-state index contributed by atoms with van der Waals surface area (Å²) in [4.78, 5) is 16.4. The molecule has 0 saturated carbocycles. The lowest BCUT2D eigenvalue weighted by atomic mass is 10.0. The Bertz CT molecular complexity index is 690. The van der Waals surface area contributed by atoms with Crippen molar-refractivity contribution >= 4 is 15.9 Å². The SMILES string of the molecule is CC(C)NC(=O)N1CCN(Cc2ccccc2)C2CS(=O)(=O)CC21. The predicted octanol–water partition coefficient (Wildman–Crippen LogP) is 1.09. The van der Waals surface area contributed by atoms with Crippen LogP contribution in [0.1, 0.15) is 19.4 Å². The lowest BCUT2D eigenvalue weighted by molar-refractivity contribution is 0.0600. The average Bonchev–Trinajstić information content (AvgIpc) is 2.83. The zero-order valence-electron chi connectivity index (χ0n) is 14.2. The first-order valence-corrected chi connectivity index (χ1v) is 10.2. The molecule has 1 aromatic rings. The number of nitrogens with zero attached hydrogens (tertiary/aromatic N) is 2. The third-order valence-corrected chi connectivity index (χ3v) is 6.39. The average molecular weight is 351 g/mol. The molecule has 2 aliphatic heterocycles. The molecule has 0 bridgehead atoms. The van der Waals surface area contributed by atoms with Gasteiger partial charge >= 0.3 is 6.03 Å². The van der Waals surface area contributed by atoms with Crippen molar-refractivity contribution in [2.75, 3.05) is 24.6 Å². The molecular weight excluding hydrogens is 326 g/mol. The van der Waals surface area contributed by atoms with Gasteiger partial charge in [-0.1, -0.05) is 30.3 Å². The minimum atomic E-state index is -3.11. The first-order chi connectivity index (χ1) is 11.4. The number of carbonyl (C=O) groups excluding carboxylic acids is 1. The van der Waals surface area contributed by atoms with Crippen LogP contribution in [0.5, 0.6) is 0 Å². The smallest absolute Gasteiger partial charge is 0.317 e. The molecule has 0 radical (unpaired) electrons. The van der Waals surface area contributed by atoms with E-state index in [0.29, 0.717) is 13.1 Å². The summed E-state index contributed by atoms with van der Waals surface area (Å²) in [6.45, 7) is 5.79. The molecule has 1 N–H and O–H groups in total. The molecule has 2 fully saturated rings. The number of amides is 2. The molecule has 6 nitrogen and oxygen atoms in total. The van der Waals surface area contributed by atoms with E-state index in [1.54, 1.807) is 4.90 Å². The van der Waals surface area contributed by atoms with Gasteiger partial charge in [-0.2, -0.15) is 0 Å². The normalized spacial score (nSPS) is 26.4. The molecule has 0 aromatic heterocycles. The number of fused-ring (bicyclic) bond motifs is 1. The number of sulfone groups is 1. The number of urea groups is 1. The van der Waals surface area contributed by atoms with Gasteiger partial charge in [0.25, 0.3) is 0 Å². The number of piperazine rings is 1. The van der Waals surface area contributed by atoms with Crippen LogP contribution in [0, 0.1) is 0 Å². The standard InChI is InChI=1S/C17H25N3O3S/c1-13(2)18-17(21)20-9-8-19(10-14-6-4-3-5-7-14)15-11-24(22,23)12-16(15)20/h3-7,13,15-16H,8-12H2,1-2H3,(H,18,21). The second-order valence-corrected chi connectivity index (χ2v) is 9.12. The van der Waals surface area contributed by atoms with Crippen LogP contribution in [0.4, 0.5) is 4.79 Å². The summed E-state index contributed by atoms with van der Waals surface area (Å²) in [7, 11) is -3.11. The van der Waals surface area contributed by atoms with Crippen LogP contribution in [0.15, 0.2) is 30.3 Å². The van der Waals surface area contributed by atoms with E-state index in [0.717, 1.165) is 6.54 Å². The van der Waals surface area contributed by atoms with Crippen LogP contribution in [-0.2, 0) is 16.4 Å². The van der Waals surface area contributed by atoms with Gasteiger partial charge in [0.05, 0.1) is 17.5 Å². The van der Waals surface area contributed by atoms with Crippen molar-refractivity contribution in [3.8, 4) is 0 Å². The fourth-order valence-electron chi connectivity index (χ4n) is 3.62. The lowest BCUT2D eigenvalue weighted by Gasteiger charge is -2.44. The maximum Gasteiger partial charge on any atom is 0.317 e. The van der Waals surface area contributed by atoms with Crippen LogP contribution in [-0.4, -0.2) is 67.0 Å². The highest BCUT2D eigenvalue weighted by Gasteiger charge is 2.47. The minimum absolute atomic E-state index is 0.0382. The molecule has 7 heteroatoms. The van der Waals surface area contributed by atoms with Crippen LogP contribution in [0.2, 0.25) is 0 Å². The Morgan fingerprint density at radius 1 is 1.17 bits per heavy atom. The molecular formula is C17H25N3O3S. The Hall–Kier alpha value is -1.60. The summed E-state index contributed by atoms with van der Waals surface area (Å²) in [5, 5.41) is 2.89. The highest BCUT2D eigenvalue weighted by atomic mass is 32.2. The van der Waals surface area contributed by atoms with E-state index >= 15 is 0 Å². The molecule has 2 saturated heterocycles. The molecule has 132 valence electrons. The van der Waals surface area contributed by atoms with Gasteiger partial charge < -0.3 is 10.2 Å². The van der Waals surface area contributed by atoms with E-state index in [9.17, 15) is 13.2 Å². The van der Waals surface area contributed by atoms with Gasteiger partial charge in [0.2, 0.25) is 0 Å². The predicted molar refractivity (Wildman–Crippen MR) is 93.5 cm³/mol.